The lowest BCUT2D eigenvalue weighted by Crippen LogP contribution is -1.99. The zero-order valence-electron chi connectivity index (χ0n) is 8.40. The van der Waals surface area contributed by atoms with Crippen molar-refractivity contribution in [3.8, 4) is 5.75 Å². The molecule has 0 aliphatic carbocycles. The molecule has 0 saturated heterocycles. The van der Waals surface area contributed by atoms with Gasteiger partial charge in [-0.3, -0.25) is 4.98 Å². The molecule has 82 valence electrons. The SMILES string of the molecule is COc1cc(Br)cc2c(C(=O)O)ccnc12. The second-order valence-corrected chi connectivity index (χ2v) is 4.08. The topological polar surface area (TPSA) is 59.4 Å². The third-order valence-electron chi connectivity index (χ3n) is 2.23. The van der Waals surface area contributed by atoms with Gasteiger partial charge in [-0.15, -0.1) is 0 Å². The number of pyridine rings is 1. The number of ether oxygens (including phenoxy) is 1. The zero-order valence-corrected chi connectivity index (χ0v) is 9.98. The molecular formula is C11H8BrNO3. The largest absolute Gasteiger partial charge is 0.494 e. The zero-order chi connectivity index (χ0) is 11.7. The molecule has 4 nitrogen and oxygen atoms in total. The molecule has 0 amide bonds. The Balaban J connectivity index is 2.87. The summed E-state index contributed by atoms with van der Waals surface area (Å²) in [5.41, 5.74) is 0.759. The number of carboxylic acid groups (broad SMARTS) is 1. The van der Waals surface area contributed by atoms with E-state index in [0.29, 0.717) is 16.7 Å². The quantitative estimate of drug-likeness (QED) is 0.920. The van der Waals surface area contributed by atoms with Crippen LogP contribution in [0, 0.1) is 0 Å². The molecule has 16 heavy (non-hydrogen) atoms. The fraction of sp³-hybridized carbons (Fsp3) is 0.0909. The molecule has 1 heterocycles. The van der Waals surface area contributed by atoms with Gasteiger partial charge in [0.1, 0.15) is 11.3 Å². The third kappa shape index (κ3) is 1.74. The highest BCUT2D eigenvalue weighted by Crippen LogP contribution is 2.30. The number of methoxy groups -OCH3 is 1. The first-order valence-corrected chi connectivity index (χ1v) is 5.28. The standard InChI is InChI=1S/C11H8BrNO3/c1-16-9-5-6(12)4-8-7(11(14)15)2-3-13-10(8)9/h2-5H,1H3,(H,14,15). The summed E-state index contributed by atoms with van der Waals surface area (Å²) in [7, 11) is 1.52. The van der Waals surface area contributed by atoms with Crippen LogP contribution in [0.15, 0.2) is 28.9 Å². The predicted octanol–water partition coefficient (Wildman–Crippen LogP) is 2.70. The molecule has 2 rings (SSSR count). The molecule has 0 aliphatic heterocycles. The van der Waals surface area contributed by atoms with Crippen molar-refractivity contribution in [3.05, 3.63) is 34.4 Å². The van der Waals surface area contributed by atoms with Crippen molar-refractivity contribution in [2.75, 3.05) is 7.11 Å². The summed E-state index contributed by atoms with van der Waals surface area (Å²) in [6.07, 6.45) is 1.46. The number of fused-ring (bicyclic) bond motifs is 1. The average Bonchev–Trinajstić information content (AvgIpc) is 2.26. The molecular weight excluding hydrogens is 274 g/mol. The molecule has 0 aliphatic rings. The molecule has 5 heteroatoms. The lowest BCUT2D eigenvalue weighted by molar-refractivity contribution is 0.0699. The van der Waals surface area contributed by atoms with E-state index in [1.165, 1.54) is 19.4 Å². The Morgan fingerprint density at radius 2 is 2.25 bits per heavy atom. The summed E-state index contributed by atoms with van der Waals surface area (Å²) in [5.74, 6) is -0.431. The number of aromatic nitrogens is 1. The first-order valence-electron chi connectivity index (χ1n) is 4.49. The fourth-order valence-electron chi connectivity index (χ4n) is 1.53. The molecule has 1 aromatic heterocycles. The van der Waals surface area contributed by atoms with E-state index < -0.39 is 5.97 Å². The van der Waals surface area contributed by atoms with Crippen LogP contribution in [-0.2, 0) is 0 Å². The lowest BCUT2D eigenvalue weighted by Gasteiger charge is -2.07. The van der Waals surface area contributed by atoms with Gasteiger partial charge in [-0.05, 0) is 18.2 Å². The van der Waals surface area contributed by atoms with Crippen LogP contribution in [0.25, 0.3) is 10.9 Å². The Morgan fingerprint density at radius 3 is 2.88 bits per heavy atom. The maximum absolute atomic E-state index is 11.0. The molecule has 0 spiro atoms. The highest BCUT2D eigenvalue weighted by molar-refractivity contribution is 9.10. The monoisotopic (exact) mass is 281 g/mol. The molecule has 0 radical (unpaired) electrons. The number of aromatic carboxylic acids is 1. The van der Waals surface area contributed by atoms with Crippen LogP contribution in [0.4, 0.5) is 0 Å². The van der Waals surface area contributed by atoms with Crippen LogP contribution in [0.1, 0.15) is 10.4 Å². The molecule has 1 aromatic carbocycles. The van der Waals surface area contributed by atoms with Crippen molar-refractivity contribution in [3.63, 3.8) is 0 Å². The van der Waals surface area contributed by atoms with E-state index in [1.54, 1.807) is 12.1 Å². The second kappa shape index (κ2) is 4.09. The number of carboxylic acids is 1. The van der Waals surface area contributed by atoms with Gasteiger partial charge >= 0.3 is 5.97 Å². The van der Waals surface area contributed by atoms with Gasteiger partial charge in [0.2, 0.25) is 0 Å². The maximum atomic E-state index is 11.0. The van der Waals surface area contributed by atoms with Crippen LogP contribution < -0.4 is 4.74 Å². The summed E-state index contributed by atoms with van der Waals surface area (Å²) in [6.45, 7) is 0. The van der Waals surface area contributed by atoms with Crippen LogP contribution >= 0.6 is 15.9 Å². The second-order valence-electron chi connectivity index (χ2n) is 3.17. The Bertz CT molecular complexity index is 568. The minimum Gasteiger partial charge on any atom is -0.494 e. The number of halogens is 1. The predicted molar refractivity (Wildman–Crippen MR) is 63.0 cm³/mol. The van der Waals surface area contributed by atoms with Crippen LogP contribution in [-0.4, -0.2) is 23.2 Å². The van der Waals surface area contributed by atoms with E-state index in [4.69, 9.17) is 9.84 Å². The lowest BCUT2D eigenvalue weighted by atomic mass is 10.1. The van der Waals surface area contributed by atoms with Crippen molar-refractivity contribution >= 4 is 32.8 Å². The van der Waals surface area contributed by atoms with Crippen molar-refractivity contribution in [1.29, 1.82) is 0 Å². The summed E-state index contributed by atoms with van der Waals surface area (Å²) < 4.78 is 5.91. The Kier molecular flexibility index (Phi) is 2.78. The van der Waals surface area contributed by atoms with Crippen LogP contribution in [0.3, 0.4) is 0 Å². The molecule has 0 unspecified atom stereocenters. The van der Waals surface area contributed by atoms with Gasteiger partial charge in [0, 0.05) is 16.1 Å². The number of hydrogen-bond donors (Lipinski definition) is 1. The number of carbonyl (C=O) groups is 1. The Labute approximate surface area is 100.0 Å². The minimum absolute atomic E-state index is 0.213. The van der Waals surface area contributed by atoms with Gasteiger partial charge in [-0.1, -0.05) is 15.9 Å². The summed E-state index contributed by atoms with van der Waals surface area (Å²) in [4.78, 5) is 15.2. The fourth-order valence-corrected chi connectivity index (χ4v) is 1.97. The van der Waals surface area contributed by atoms with Crippen molar-refractivity contribution in [2.45, 2.75) is 0 Å². The Hall–Kier alpha value is -1.62. The van der Waals surface area contributed by atoms with Gasteiger partial charge in [0.25, 0.3) is 0 Å². The van der Waals surface area contributed by atoms with Gasteiger partial charge in [0.05, 0.1) is 12.7 Å². The van der Waals surface area contributed by atoms with Gasteiger partial charge in [-0.2, -0.15) is 0 Å². The summed E-state index contributed by atoms with van der Waals surface area (Å²) >= 11 is 3.31. The van der Waals surface area contributed by atoms with Gasteiger partial charge < -0.3 is 9.84 Å². The normalized spacial score (nSPS) is 10.4. The van der Waals surface area contributed by atoms with Crippen molar-refractivity contribution in [2.24, 2.45) is 0 Å². The van der Waals surface area contributed by atoms with E-state index in [9.17, 15) is 4.79 Å². The van der Waals surface area contributed by atoms with Crippen molar-refractivity contribution in [1.82, 2.24) is 4.98 Å². The molecule has 0 atom stereocenters. The van der Waals surface area contributed by atoms with E-state index in [1.807, 2.05) is 0 Å². The van der Waals surface area contributed by atoms with Gasteiger partial charge in [0.15, 0.2) is 0 Å². The number of nitrogens with zero attached hydrogens (tertiary/aromatic N) is 1. The van der Waals surface area contributed by atoms with Crippen molar-refractivity contribution < 1.29 is 14.6 Å². The number of rotatable bonds is 2. The molecule has 1 N–H and O–H groups in total. The molecule has 0 bridgehead atoms. The highest BCUT2D eigenvalue weighted by Gasteiger charge is 2.12. The van der Waals surface area contributed by atoms with E-state index in [2.05, 4.69) is 20.9 Å². The van der Waals surface area contributed by atoms with E-state index in [0.717, 1.165) is 4.47 Å². The summed E-state index contributed by atoms with van der Waals surface area (Å²) in [6, 6.07) is 4.94. The Morgan fingerprint density at radius 1 is 1.50 bits per heavy atom. The smallest absolute Gasteiger partial charge is 0.336 e. The first kappa shape index (κ1) is 10.9. The minimum atomic E-state index is -0.979. The summed E-state index contributed by atoms with van der Waals surface area (Å²) in [5, 5.41) is 9.61. The third-order valence-corrected chi connectivity index (χ3v) is 2.68. The average molecular weight is 282 g/mol. The molecule has 2 aromatic rings. The first-order chi connectivity index (χ1) is 7.63. The number of hydrogen-bond acceptors (Lipinski definition) is 3. The van der Waals surface area contributed by atoms with E-state index >= 15 is 0 Å². The van der Waals surface area contributed by atoms with E-state index in [-0.39, 0.29) is 5.56 Å². The van der Waals surface area contributed by atoms with Crippen LogP contribution in [0.2, 0.25) is 0 Å². The van der Waals surface area contributed by atoms with Crippen LogP contribution in [0.5, 0.6) is 5.75 Å². The molecule has 0 fully saturated rings. The highest BCUT2D eigenvalue weighted by atomic mass is 79.9. The number of benzene rings is 1. The molecule has 0 saturated carbocycles. The van der Waals surface area contributed by atoms with Gasteiger partial charge in [-0.25, -0.2) is 4.79 Å². The maximum Gasteiger partial charge on any atom is 0.336 e.